The van der Waals surface area contributed by atoms with E-state index in [1.807, 2.05) is 36.4 Å². The molecule has 18 heteroatoms. The molecule has 3 aliphatic rings. The second-order valence-electron chi connectivity index (χ2n) is 17.8. The van der Waals surface area contributed by atoms with Crippen LogP contribution < -0.4 is 26.4 Å². The number of aromatic nitrogens is 4. The van der Waals surface area contributed by atoms with Gasteiger partial charge in [0, 0.05) is 78.7 Å². The molecule has 2 fully saturated rings. The van der Waals surface area contributed by atoms with Crippen LogP contribution in [-0.4, -0.2) is 119 Å². The van der Waals surface area contributed by atoms with Gasteiger partial charge in [-0.2, -0.15) is 5.10 Å². The number of unbranched alkanes of at least 4 members (excludes halogenated alkanes) is 3. The van der Waals surface area contributed by atoms with Gasteiger partial charge in [-0.1, -0.05) is 30.7 Å². The Labute approximate surface area is 401 Å². The van der Waals surface area contributed by atoms with Crippen molar-refractivity contribution in [2.75, 3.05) is 63.8 Å². The number of carbonyl (C=O) groups is 5. The molecule has 1 unspecified atom stereocenters. The predicted octanol–water partition coefficient (Wildman–Crippen LogP) is 5.16. The van der Waals surface area contributed by atoms with E-state index in [9.17, 15) is 24.0 Å². The summed E-state index contributed by atoms with van der Waals surface area (Å²) in [5.41, 5.74) is 11.1. The van der Waals surface area contributed by atoms with Gasteiger partial charge < -0.3 is 40.4 Å². The topological polar surface area (TPSA) is 236 Å². The lowest BCUT2D eigenvalue weighted by molar-refractivity contribution is -0.137. The van der Waals surface area contributed by atoms with Crippen molar-refractivity contribution in [2.24, 2.45) is 5.73 Å². The summed E-state index contributed by atoms with van der Waals surface area (Å²) in [6.45, 7) is 3.46. The predicted molar refractivity (Wildman–Crippen MR) is 257 cm³/mol. The van der Waals surface area contributed by atoms with Gasteiger partial charge in [-0.3, -0.25) is 39.4 Å². The number of ether oxygens (including phenoxy) is 3. The number of piperidine rings is 2. The molecule has 2 aromatic heterocycles. The molecule has 8 rings (SSSR count). The van der Waals surface area contributed by atoms with Gasteiger partial charge in [-0.05, 0) is 118 Å². The van der Waals surface area contributed by atoms with Crippen molar-refractivity contribution in [3.63, 3.8) is 0 Å². The number of pyridine rings is 1. The Kier molecular flexibility index (Phi) is 16.0. The van der Waals surface area contributed by atoms with Gasteiger partial charge >= 0.3 is 0 Å². The average molecular weight is 941 g/mol. The Morgan fingerprint density at radius 2 is 1.62 bits per heavy atom. The first-order chi connectivity index (χ1) is 33.6. The Morgan fingerprint density at radius 3 is 2.42 bits per heavy atom. The van der Waals surface area contributed by atoms with Crippen LogP contribution in [0.3, 0.4) is 0 Å². The van der Waals surface area contributed by atoms with E-state index in [2.05, 4.69) is 55.2 Å². The summed E-state index contributed by atoms with van der Waals surface area (Å²) in [4.78, 5) is 75.4. The number of aryl methyl sites for hydroxylation is 1. The van der Waals surface area contributed by atoms with E-state index in [1.165, 1.54) is 4.90 Å². The number of amides is 5. The lowest BCUT2D eigenvalue weighted by atomic mass is 9.85. The van der Waals surface area contributed by atoms with Crippen LogP contribution in [0.2, 0.25) is 0 Å². The second-order valence-corrected chi connectivity index (χ2v) is 17.8. The van der Waals surface area contributed by atoms with E-state index in [4.69, 9.17) is 24.9 Å². The Hall–Kier alpha value is -7.02. The van der Waals surface area contributed by atoms with Crippen LogP contribution in [0.15, 0.2) is 85.2 Å². The minimum Gasteiger partial charge on any atom is -0.494 e. The van der Waals surface area contributed by atoms with E-state index in [-0.39, 0.29) is 50.3 Å². The third-order valence-electron chi connectivity index (χ3n) is 13.0. The summed E-state index contributed by atoms with van der Waals surface area (Å²) in [6.07, 6.45) is 10.4. The largest absolute Gasteiger partial charge is 0.494 e. The number of carbonyl (C=O) groups excluding carboxylic acids is 5. The number of benzene rings is 3. The smallest absolute Gasteiger partial charge is 0.255 e. The summed E-state index contributed by atoms with van der Waals surface area (Å²) >= 11 is 0. The number of nitrogens with two attached hydrogens (primary N) is 1. The fourth-order valence-corrected chi connectivity index (χ4v) is 9.17. The number of anilines is 2. The number of fused-ring (bicyclic) bond motifs is 1. The van der Waals surface area contributed by atoms with Gasteiger partial charge in [0.25, 0.3) is 5.91 Å². The summed E-state index contributed by atoms with van der Waals surface area (Å²) in [5, 5.41) is 16.8. The number of nitrogens with zero attached hydrogens (tertiary/aromatic N) is 5. The summed E-state index contributed by atoms with van der Waals surface area (Å²) in [7, 11) is 2.12. The number of H-pyrrole nitrogens is 1. The standard InChI is InChI=1S/C51H60N10O8/c1-60-25-21-51(22-26-60,50-56-47(58-59-50)35-19-23-53-24-20-35)57-42-14-7-11-38(46(52)64)37(42)16-15-34-9-6-10-36(31-34)69-28-5-3-2-4-27-67-29-30-68-33-45(63)54-41-13-8-12-39-40(41)32-61(49(39)66)43-17-18-44(62)55-48(43)65/h6-14,19-20,23-24,31,43,57H,2-5,15-18,21-22,25-30,32-33H2,1H3,(H2,52,64)(H,54,63)(H,55,62,65)(H,56,58,59). The number of hydrogen-bond donors (Lipinski definition) is 5. The van der Waals surface area contributed by atoms with Crippen LogP contribution >= 0.6 is 0 Å². The van der Waals surface area contributed by atoms with Gasteiger partial charge in [0.1, 0.15) is 18.4 Å². The third-order valence-corrected chi connectivity index (χ3v) is 13.0. The molecule has 362 valence electrons. The molecule has 6 N–H and O–H groups in total. The number of rotatable bonds is 23. The Balaban J connectivity index is 0.731. The molecule has 3 aliphatic heterocycles. The second kappa shape index (κ2) is 22.9. The van der Waals surface area contributed by atoms with E-state index in [1.54, 1.807) is 36.7 Å². The monoisotopic (exact) mass is 940 g/mol. The highest BCUT2D eigenvalue weighted by Crippen LogP contribution is 2.38. The number of nitrogens with one attached hydrogen (secondary N) is 4. The van der Waals surface area contributed by atoms with Crippen molar-refractivity contribution < 1.29 is 38.2 Å². The molecule has 3 aromatic carbocycles. The molecule has 5 amide bonds. The normalized spacial score (nSPS) is 16.8. The molecule has 5 heterocycles. The molecule has 0 bridgehead atoms. The average Bonchev–Trinajstić information content (AvgIpc) is 3.99. The van der Waals surface area contributed by atoms with Crippen molar-refractivity contribution in [1.82, 2.24) is 35.3 Å². The Morgan fingerprint density at radius 1 is 0.870 bits per heavy atom. The van der Waals surface area contributed by atoms with Crippen molar-refractivity contribution in [2.45, 2.75) is 82.3 Å². The maximum Gasteiger partial charge on any atom is 0.255 e. The van der Waals surface area contributed by atoms with E-state index in [0.717, 1.165) is 85.6 Å². The van der Waals surface area contributed by atoms with E-state index >= 15 is 0 Å². The molecule has 69 heavy (non-hydrogen) atoms. The number of aromatic amines is 1. The summed E-state index contributed by atoms with van der Waals surface area (Å²) < 4.78 is 17.4. The van der Waals surface area contributed by atoms with Crippen LogP contribution in [0.25, 0.3) is 11.4 Å². The summed E-state index contributed by atoms with van der Waals surface area (Å²) in [5.74, 6) is 0.172. The van der Waals surface area contributed by atoms with Crippen molar-refractivity contribution in [1.29, 1.82) is 0 Å². The fourth-order valence-electron chi connectivity index (χ4n) is 9.17. The third kappa shape index (κ3) is 12.2. The number of primary amides is 1. The quantitative estimate of drug-likeness (QED) is 0.0421. The van der Waals surface area contributed by atoms with Crippen LogP contribution in [-0.2, 0) is 48.8 Å². The molecule has 0 spiro atoms. The van der Waals surface area contributed by atoms with Gasteiger partial charge in [0.15, 0.2) is 11.6 Å². The molecule has 5 aromatic rings. The van der Waals surface area contributed by atoms with Crippen molar-refractivity contribution >= 4 is 40.9 Å². The number of hydrogen-bond acceptors (Lipinski definition) is 13. The Bertz CT molecular complexity index is 2610. The lowest BCUT2D eigenvalue weighted by Gasteiger charge is -2.41. The van der Waals surface area contributed by atoms with E-state index in [0.29, 0.717) is 60.9 Å². The maximum absolute atomic E-state index is 13.1. The molecule has 18 nitrogen and oxygen atoms in total. The highest BCUT2D eigenvalue weighted by molar-refractivity contribution is 6.07. The zero-order valence-corrected chi connectivity index (χ0v) is 39.0. The molecule has 0 aliphatic carbocycles. The van der Waals surface area contributed by atoms with E-state index < -0.39 is 23.4 Å². The maximum atomic E-state index is 13.1. The number of likely N-dealkylation sites (tertiary alicyclic amines) is 1. The number of imide groups is 1. The van der Waals surface area contributed by atoms with Crippen molar-refractivity contribution in [3.05, 3.63) is 119 Å². The molecular weight excluding hydrogens is 881 g/mol. The molecule has 0 radical (unpaired) electrons. The van der Waals surface area contributed by atoms with Crippen LogP contribution in [0.4, 0.5) is 11.4 Å². The SMILES string of the molecule is CN1CCC(Nc2cccc(C(N)=O)c2CCc2cccc(OCCCCCCOCCOCC(=O)Nc3cccc4c3CN(C3CCC(=O)NC3=O)C4=O)c2)(c2nc(-c3ccncc3)n[nH]2)CC1. The highest BCUT2D eigenvalue weighted by atomic mass is 16.5. The highest BCUT2D eigenvalue weighted by Gasteiger charge is 2.41. The first kappa shape index (κ1) is 48.4. The lowest BCUT2D eigenvalue weighted by Crippen LogP contribution is -2.52. The molecule has 2 saturated heterocycles. The first-order valence-electron chi connectivity index (χ1n) is 23.7. The minimum atomic E-state index is -0.734. The minimum absolute atomic E-state index is 0.160. The van der Waals surface area contributed by atoms with Gasteiger partial charge in [0.2, 0.25) is 23.6 Å². The van der Waals surface area contributed by atoms with Crippen LogP contribution in [0.1, 0.15) is 94.6 Å². The zero-order chi connectivity index (χ0) is 48.2. The van der Waals surface area contributed by atoms with Crippen molar-refractivity contribution in [3.8, 4) is 17.1 Å². The molecule has 0 saturated carbocycles. The first-order valence-corrected chi connectivity index (χ1v) is 23.7. The molecule has 1 atom stereocenters. The molecular formula is C51H60N10O8. The fraction of sp³-hybridized carbons (Fsp3) is 0.412. The zero-order valence-electron chi connectivity index (χ0n) is 39.0. The summed E-state index contributed by atoms with van der Waals surface area (Å²) in [6, 6.07) is 21.9. The van der Waals surface area contributed by atoms with Crippen LogP contribution in [0, 0.1) is 0 Å². The van der Waals surface area contributed by atoms with Crippen LogP contribution in [0.5, 0.6) is 5.75 Å². The van der Waals surface area contributed by atoms with Gasteiger partial charge in [-0.15, -0.1) is 0 Å². The van der Waals surface area contributed by atoms with Gasteiger partial charge in [-0.25, -0.2) is 4.98 Å². The van der Waals surface area contributed by atoms with Gasteiger partial charge in [0.05, 0.1) is 25.4 Å².